The molecule has 37 heavy (non-hydrogen) atoms. The first kappa shape index (κ1) is 41.1. The second-order valence-corrected chi connectivity index (χ2v) is 8.11. The summed E-state index contributed by atoms with van der Waals surface area (Å²) in [7, 11) is 0. The minimum absolute atomic E-state index is 0.0777. The van der Waals surface area contributed by atoms with Crippen LogP contribution in [0.15, 0.2) is 4.99 Å². The van der Waals surface area contributed by atoms with E-state index in [0.29, 0.717) is 0 Å². The summed E-state index contributed by atoms with van der Waals surface area (Å²) < 4.78 is 0. The minimum Gasteiger partial charge on any atom is -0.550 e. The zero-order valence-corrected chi connectivity index (χ0v) is 22.9. The summed E-state index contributed by atoms with van der Waals surface area (Å²) in [5, 5.41) is 40.1. The zero-order valence-electron chi connectivity index (χ0n) is 22.9. The number of carbonyl (C=O) groups excluding carboxylic acids is 3. The molecule has 13 heteroatoms. The molecule has 0 radical (unpaired) electrons. The van der Waals surface area contributed by atoms with E-state index in [1.807, 2.05) is 0 Å². The number of carboxylic acids is 3. The molecule has 9 N–H and O–H groups in total. The molecule has 0 atom stereocenters. The van der Waals surface area contributed by atoms with E-state index in [1.165, 1.54) is 64.2 Å². The molecule has 0 aromatic rings. The van der Waals surface area contributed by atoms with Crippen LogP contribution >= 0.6 is 0 Å². The average molecular weight is 533 g/mol. The van der Waals surface area contributed by atoms with Gasteiger partial charge in [-0.1, -0.05) is 51.4 Å². The molecule has 0 fully saturated rings. The van der Waals surface area contributed by atoms with Gasteiger partial charge in [0.05, 0.1) is 0 Å². The molecule has 0 aliphatic rings. The van der Waals surface area contributed by atoms with Crippen molar-refractivity contribution in [2.45, 2.75) is 97.8 Å². The van der Waals surface area contributed by atoms with E-state index in [-0.39, 0.29) is 11.9 Å². The highest BCUT2D eigenvalue weighted by molar-refractivity contribution is 5.75. The fourth-order valence-corrected chi connectivity index (χ4v) is 2.71. The topological polar surface area (TPSA) is 259 Å². The number of nitrogens with two attached hydrogens (primary N) is 3. The van der Waals surface area contributed by atoms with Crippen molar-refractivity contribution in [2.24, 2.45) is 22.2 Å². The molecule has 13 nitrogen and oxygen atoms in total. The summed E-state index contributed by atoms with van der Waals surface area (Å²) in [6, 6.07) is 0. The summed E-state index contributed by atoms with van der Waals surface area (Å²) >= 11 is 0. The molecule has 0 heterocycles. The Balaban J connectivity index is -0.000000375. The Morgan fingerprint density at radius 3 is 1.24 bits per heavy atom. The largest absolute Gasteiger partial charge is 0.550 e. The van der Waals surface area contributed by atoms with Crippen LogP contribution in [0.3, 0.4) is 0 Å². The van der Waals surface area contributed by atoms with Crippen molar-refractivity contribution in [1.82, 2.24) is 10.6 Å². The molecule has 0 spiro atoms. The third-order valence-corrected chi connectivity index (χ3v) is 4.15. The van der Waals surface area contributed by atoms with Crippen LogP contribution in [0.2, 0.25) is 0 Å². The smallest absolute Gasteiger partial charge is 0.185 e. The molecular formula is C24H50N7O6-3. The van der Waals surface area contributed by atoms with Gasteiger partial charge in [0.25, 0.3) is 0 Å². The number of rotatable bonds is 18. The van der Waals surface area contributed by atoms with Crippen LogP contribution in [0.4, 0.5) is 0 Å². The van der Waals surface area contributed by atoms with Crippen LogP contribution in [0.25, 0.3) is 0 Å². The van der Waals surface area contributed by atoms with Crippen molar-refractivity contribution >= 4 is 29.8 Å². The summed E-state index contributed by atoms with van der Waals surface area (Å²) in [6.07, 6.45) is 15.0. The Morgan fingerprint density at radius 2 is 0.919 bits per heavy atom. The molecule has 220 valence electrons. The van der Waals surface area contributed by atoms with E-state index in [1.54, 1.807) is 0 Å². The lowest BCUT2D eigenvalue weighted by molar-refractivity contribution is -0.303. The van der Waals surface area contributed by atoms with Gasteiger partial charge < -0.3 is 57.5 Å². The standard InChI is InChI=1S/C18H41N7.3C2H4O2/c19-17(20)24-15-11-7-3-1-5-9-13-23-14-10-6-2-4-8-12-16-25-18(21)22;3*1-2(3)4/h23H,1-16H2,(H4,19,20,24)(H4,21,22,25);3*1H3,(H,3,4)/p-3. The number of hydrogen-bond acceptors (Lipinski definition) is 9. The van der Waals surface area contributed by atoms with Crippen molar-refractivity contribution in [2.75, 3.05) is 26.2 Å². The molecule has 0 amide bonds. The SMILES string of the molecule is CC(=O)[O-].CC(=O)[O-].CC(=O)[O-].N=C(N)NCCCCCCCCNCCCCCCCCN=C(N)N. The normalized spacial score (nSPS) is 9.16. The maximum absolute atomic E-state index is 8.89. The van der Waals surface area contributed by atoms with E-state index >= 15 is 0 Å². The number of aliphatic imine (C=N–C) groups is 1. The molecule has 0 bridgehead atoms. The van der Waals surface area contributed by atoms with E-state index in [0.717, 1.165) is 59.8 Å². The van der Waals surface area contributed by atoms with Crippen molar-refractivity contribution in [1.29, 1.82) is 5.41 Å². The number of nitrogens with one attached hydrogen (secondary N) is 3. The lowest BCUT2D eigenvalue weighted by atomic mass is 10.1. The predicted molar refractivity (Wildman–Crippen MR) is 141 cm³/mol. The fraction of sp³-hybridized carbons (Fsp3) is 0.792. The van der Waals surface area contributed by atoms with Gasteiger partial charge in [-0.25, -0.2) is 0 Å². The summed E-state index contributed by atoms with van der Waals surface area (Å²) in [4.78, 5) is 30.7. The first-order chi connectivity index (χ1) is 17.3. The first-order valence-electron chi connectivity index (χ1n) is 12.7. The number of hydrogen-bond donors (Lipinski definition) is 6. The lowest BCUT2D eigenvalue weighted by Crippen LogP contribution is -2.30. The van der Waals surface area contributed by atoms with E-state index in [4.69, 9.17) is 52.3 Å². The van der Waals surface area contributed by atoms with Gasteiger partial charge in [0.15, 0.2) is 11.9 Å². The van der Waals surface area contributed by atoms with Crippen LogP contribution < -0.4 is 43.2 Å². The Bertz CT molecular complexity index is 545. The maximum atomic E-state index is 8.89. The van der Waals surface area contributed by atoms with Crippen molar-refractivity contribution in [3.8, 4) is 0 Å². The van der Waals surface area contributed by atoms with Crippen molar-refractivity contribution in [3.05, 3.63) is 0 Å². The third-order valence-electron chi connectivity index (χ3n) is 4.15. The Kier molecular flexibility index (Phi) is 38.9. The monoisotopic (exact) mass is 532 g/mol. The number of carboxylic acid groups (broad SMARTS) is 3. The number of unbranched alkanes of at least 4 members (excludes halogenated alkanes) is 10. The Labute approximate surface area is 222 Å². The van der Waals surface area contributed by atoms with Crippen LogP contribution in [0, 0.1) is 5.41 Å². The number of carbonyl (C=O) groups is 3. The van der Waals surface area contributed by atoms with Gasteiger partial charge in [0.1, 0.15) is 0 Å². The van der Waals surface area contributed by atoms with Gasteiger partial charge in [-0.2, -0.15) is 0 Å². The highest BCUT2D eigenvalue weighted by Crippen LogP contribution is 2.06. The summed E-state index contributed by atoms with van der Waals surface area (Å²) in [5.41, 5.74) is 15.8. The van der Waals surface area contributed by atoms with Gasteiger partial charge >= 0.3 is 0 Å². The average Bonchev–Trinajstić information content (AvgIpc) is 2.73. The summed E-state index contributed by atoms with van der Waals surface area (Å²) in [5.74, 6) is -2.97. The first-order valence-corrected chi connectivity index (χ1v) is 12.7. The zero-order chi connectivity index (χ0) is 29.3. The van der Waals surface area contributed by atoms with Gasteiger partial charge in [0, 0.05) is 31.0 Å². The van der Waals surface area contributed by atoms with Gasteiger partial charge in [-0.05, 0) is 59.5 Å². The summed E-state index contributed by atoms with van der Waals surface area (Å²) in [6.45, 7) is 6.79. The quantitative estimate of drug-likeness (QED) is 0.0657. The van der Waals surface area contributed by atoms with Crippen molar-refractivity contribution < 1.29 is 29.7 Å². The Hall–Kier alpha value is -3.09. The minimum atomic E-state index is -1.08. The second-order valence-electron chi connectivity index (χ2n) is 8.11. The molecule has 0 aliphatic carbocycles. The highest BCUT2D eigenvalue weighted by atomic mass is 16.4. The number of nitrogens with zero attached hydrogens (tertiary/aromatic N) is 1. The molecule has 0 aromatic heterocycles. The molecule has 0 unspecified atom stereocenters. The van der Waals surface area contributed by atoms with Gasteiger partial charge in [-0.3, -0.25) is 10.4 Å². The van der Waals surface area contributed by atoms with Crippen LogP contribution in [0.5, 0.6) is 0 Å². The lowest BCUT2D eigenvalue weighted by Gasteiger charge is -2.06. The van der Waals surface area contributed by atoms with Gasteiger partial charge in [0.2, 0.25) is 0 Å². The van der Waals surface area contributed by atoms with E-state index in [2.05, 4.69) is 15.6 Å². The second kappa shape index (κ2) is 35.1. The highest BCUT2D eigenvalue weighted by Gasteiger charge is 1.94. The molecule has 0 aromatic carbocycles. The maximum Gasteiger partial charge on any atom is 0.185 e. The predicted octanol–water partition coefficient (Wildman–Crippen LogP) is -1.72. The third kappa shape index (κ3) is 87.9. The molecule has 0 rings (SSSR count). The van der Waals surface area contributed by atoms with Crippen LogP contribution in [-0.4, -0.2) is 56.0 Å². The van der Waals surface area contributed by atoms with E-state index in [9.17, 15) is 0 Å². The Morgan fingerprint density at radius 1 is 0.622 bits per heavy atom. The van der Waals surface area contributed by atoms with Gasteiger partial charge in [-0.15, -0.1) is 0 Å². The van der Waals surface area contributed by atoms with Crippen LogP contribution in [-0.2, 0) is 14.4 Å². The number of aliphatic carboxylic acids is 3. The van der Waals surface area contributed by atoms with Crippen molar-refractivity contribution in [3.63, 3.8) is 0 Å². The molecular weight excluding hydrogens is 482 g/mol. The van der Waals surface area contributed by atoms with Crippen LogP contribution in [0.1, 0.15) is 97.8 Å². The van der Waals surface area contributed by atoms with E-state index < -0.39 is 17.9 Å². The fourth-order valence-electron chi connectivity index (χ4n) is 2.71. The number of guanidine groups is 2. The molecule has 0 aliphatic heterocycles. The molecule has 0 saturated carbocycles. The molecule has 0 saturated heterocycles.